The minimum absolute atomic E-state index is 0.350. The van der Waals surface area contributed by atoms with Gasteiger partial charge in [0.05, 0.1) is 29.0 Å². The van der Waals surface area contributed by atoms with Gasteiger partial charge in [-0.05, 0) is 31.5 Å². The van der Waals surface area contributed by atoms with E-state index >= 15 is 0 Å². The van der Waals surface area contributed by atoms with E-state index in [-0.39, 0.29) is 0 Å². The number of rotatable bonds is 4. The van der Waals surface area contributed by atoms with Gasteiger partial charge in [0, 0.05) is 5.56 Å². The number of oxazole rings is 1. The standard InChI is InChI=1S/C22H21N3OS/c1-2-8-16(9-3-1)19-14-23-21(26-19)15-25-13-7-6-11-18(25)22-24-17-10-4-5-12-20(17)27-22/h1-5,8-10,12,14,18H,6-7,11,13,15H2/t18-/m0/s1. The molecule has 1 atom stereocenters. The van der Waals surface area contributed by atoms with Crippen molar-refractivity contribution in [2.45, 2.75) is 31.8 Å². The number of para-hydroxylation sites is 1. The molecule has 5 heteroatoms. The highest BCUT2D eigenvalue weighted by molar-refractivity contribution is 7.18. The van der Waals surface area contributed by atoms with Crippen LogP contribution in [0.4, 0.5) is 0 Å². The van der Waals surface area contributed by atoms with Gasteiger partial charge in [-0.15, -0.1) is 11.3 Å². The Morgan fingerprint density at radius 1 is 1.04 bits per heavy atom. The maximum Gasteiger partial charge on any atom is 0.209 e. The summed E-state index contributed by atoms with van der Waals surface area (Å²) in [6.07, 6.45) is 5.44. The largest absolute Gasteiger partial charge is 0.439 e. The van der Waals surface area contributed by atoms with E-state index in [1.165, 1.54) is 22.5 Å². The zero-order chi connectivity index (χ0) is 18.1. The highest BCUT2D eigenvalue weighted by atomic mass is 32.1. The van der Waals surface area contributed by atoms with E-state index in [9.17, 15) is 0 Å². The van der Waals surface area contributed by atoms with Crippen molar-refractivity contribution in [3.05, 3.63) is 71.7 Å². The SMILES string of the molecule is c1ccc(-c2cnc(CN3CCCC[C@H]3c3nc4ccccc4s3)o2)cc1. The van der Waals surface area contributed by atoms with Crippen molar-refractivity contribution >= 4 is 21.6 Å². The molecule has 1 fully saturated rings. The average Bonchev–Trinajstić information content (AvgIpc) is 3.36. The summed E-state index contributed by atoms with van der Waals surface area (Å²) in [4.78, 5) is 11.9. The van der Waals surface area contributed by atoms with Gasteiger partial charge < -0.3 is 4.42 Å². The first-order chi connectivity index (χ1) is 13.4. The third-order valence-electron chi connectivity index (χ3n) is 5.16. The Bertz CT molecular complexity index is 1010. The molecule has 1 saturated heterocycles. The molecule has 4 aromatic rings. The van der Waals surface area contributed by atoms with Crippen molar-refractivity contribution < 1.29 is 4.42 Å². The van der Waals surface area contributed by atoms with Gasteiger partial charge in [-0.2, -0.15) is 0 Å². The minimum Gasteiger partial charge on any atom is -0.439 e. The number of benzene rings is 2. The van der Waals surface area contributed by atoms with Crippen molar-refractivity contribution in [1.29, 1.82) is 0 Å². The maximum absolute atomic E-state index is 6.05. The molecule has 0 radical (unpaired) electrons. The zero-order valence-electron chi connectivity index (χ0n) is 15.0. The van der Waals surface area contributed by atoms with E-state index in [0.717, 1.165) is 42.2 Å². The molecule has 0 spiro atoms. The molecule has 5 rings (SSSR count). The van der Waals surface area contributed by atoms with Gasteiger partial charge in [0.2, 0.25) is 5.89 Å². The predicted octanol–water partition coefficient (Wildman–Crippen LogP) is 5.68. The van der Waals surface area contributed by atoms with Gasteiger partial charge >= 0.3 is 0 Å². The van der Waals surface area contributed by atoms with Crippen LogP contribution >= 0.6 is 11.3 Å². The summed E-state index contributed by atoms with van der Waals surface area (Å²) >= 11 is 1.82. The molecule has 1 aliphatic rings. The average molecular weight is 375 g/mol. The molecule has 0 unspecified atom stereocenters. The van der Waals surface area contributed by atoms with Crippen LogP contribution in [0.2, 0.25) is 0 Å². The van der Waals surface area contributed by atoms with Gasteiger partial charge in [0.25, 0.3) is 0 Å². The molecule has 0 N–H and O–H groups in total. The van der Waals surface area contributed by atoms with Crippen LogP contribution in [-0.2, 0) is 6.54 Å². The summed E-state index contributed by atoms with van der Waals surface area (Å²) in [6, 6.07) is 18.9. The van der Waals surface area contributed by atoms with Gasteiger partial charge in [0.15, 0.2) is 5.76 Å². The second-order valence-corrected chi connectivity index (χ2v) is 8.05. The topological polar surface area (TPSA) is 42.2 Å². The summed E-state index contributed by atoms with van der Waals surface area (Å²) < 4.78 is 7.31. The second kappa shape index (κ2) is 7.25. The summed E-state index contributed by atoms with van der Waals surface area (Å²) in [5.41, 5.74) is 2.17. The Morgan fingerprint density at radius 2 is 1.89 bits per heavy atom. The molecule has 136 valence electrons. The number of hydrogen-bond donors (Lipinski definition) is 0. The first-order valence-electron chi connectivity index (χ1n) is 9.46. The first-order valence-corrected chi connectivity index (χ1v) is 10.3. The molecule has 4 nitrogen and oxygen atoms in total. The molecular formula is C22H21N3OS. The fourth-order valence-electron chi connectivity index (χ4n) is 3.79. The number of nitrogens with zero attached hydrogens (tertiary/aromatic N) is 3. The lowest BCUT2D eigenvalue weighted by molar-refractivity contribution is 0.128. The third-order valence-corrected chi connectivity index (χ3v) is 6.30. The van der Waals surface area contributed by atoms with Crippen LogP contribution < -0.4 is 0 Å². The quantitative estimate of drug-likeness (QED) is 0.460. The lowest BCUT2D eigenvalue weighted by Gasteiger charge is -2.33. The van der Waals surface area contributed by atoms with Crippen LogP contribution in [-0.4, -0.2) is 21.4 Å². The zero-order valence-corrected chi connectivity index (χ0v) is 15.9. The Morgan fingerprint density at radius 3 is 2.78 bits per heavy atom. The molecule has 0 amide bonds. The Kier molecular flexibility index (Phi) is 4.47. The van der Waals surface area contributed by atoms with Gasteiger partial charge in [-0.25, -0.2) is 9.97 Å². The van der Waals surface area contributed by atoms with Crippen molar-refractivity contribution in [3.63, 3.8) is 0 Å². The number of aromatic nitrogens is 2. The van der Waals surface area contributed by atoms with Crippen molar-refractivity contribution in [1.82, 2.24) is 14.9 Å². The lowest BCUT2D eigenvalue weighted by Crippen LogP contribution is -2.32. The predicted molar refractivity (Wildman–Crippen MR) is 109 cm³/mol. The minimum atomic E-state index is 0.350. The Labute approximate surface area is 162 Å². The summed E-state index contributed by atoms with van der Waals surface area (Å²) in [7, 11) is 0. The highest BCUT2D eigenvalue weighted by Gasteiger charge is 2.28. The molecule has 3 heterocycles. The van der Waals surface area contributed by atoms with E-state index < -0.39 is 0 Å². The number of hydrogen-bond acceptors (Lipinski definition) is 5. The molecule has 0 saturated carbocycles. The molecule has 0 bridgehead atoms. The number of fused-ring (bicyclic) bond motifs is 1. The van der Waals surface area contributed by atoms with E-state index in [1.54, 1.807) is 0 Å². The van der Waals surface area contributed by atoms with Crippen LogP contribution in [0.1, 0.15) is 36.2 Å². The van der Waals surface area contributed by atoms with Crippen LogP contribution in [0, 0.1) is 0 Å². The molecule has 2 aromatic carbocycles. The monoisotopic (exact) mass is 375 g/mol. The van der Waals surface area contributed by atoms with Gasteiger partial charge in [-0.1, -0.05) is 48.9 Å². The van der Waals surface area contributed by atoms with E-state index in [4.69, 9.17) is 9.40 Å². The van der Waals surface area contributed by atoms with Crippen LogP contribution in [0.5, 0.6) is 0 Å². The van der Waals surface area contributed by atoms with Gasteiger partial charge in [0.1, 0.15) is 5.01 Å². The summed E-state index contributed by atoms with van der Waals surface area (Å²) in [6.45, 7) is 1.79. The third kappa shape index (κ3) is 3.40. The van der Waals surface area contributed by atoms with E-state index in [1.807, 2.05) is 35.7 Å². The number of piperidine rings is 1. The van der Waals surface area contributed by atoms with Crippen LogP contribution in [0.25, 0.3) is 21.5 Å². The maximum atomic E-state index is 6.05. The molecule has 27 heavy (non-hydrogen) atoms. The van der Waals surface area contributed by atoms with Crippen molar-refractivity contribution in [3.8, 4) is 11.3 Å². The highest BCUT2D eigenvalue weighted by Crippen LogP contribution is 2.36. The molecule has 0 aliphatic carbocycles. The Hall–Kier alpha value is -2.50. The normalized spacial score (nSPS) is 18.1. The van der Waals surface area contributed by atoms with E-state index in [2.05, 4.69) is 46.3 Å². The molecule has 2 aromatic heterocycles. The Balaban J connectivity index is 1.39. The van der Waals surface area contributed by atoms with Crippen LogP contribution in [0.15, 0.2) is 65.2 Å². The first kappa shape index (κ1) is 16.7. The molecular weight excluding hydrogens is 354 g/mol. The van der Waals surface area contributed by atoms with Crippen molar-refractivity contribution in [2.24, 2.45) is 0 Å². The summed E-state index contributed by atoms with van der Waals surface area (Å²) in [5.74, 6) is 1.61. The fraction of sp³-hybridized carbons (Fsp3) is 0.273. The smallest absolute Gasteiger partial charge is 0.209 e. The van der Waals surface area contributed by atoms with Crippen molar-refractivity contribution in [2.75, 3.05) is 6.54 Å². The molecule has 1 aliphatic heterocycles. The van der Waals surface area contributed by atoms with Gasteiger partial charge in [-0.3, -0.25) is 4.90 Å². The van der Waals surface area contributed by atoms with E-state index in [0.29, 0.717) is 6.04 Å². The number of likely N-dealkylation sites (tertiary alicyclic amines) is 1. The fourth-order valence-corrected chi connectivity index (χ4v) is 4.92. The van der Waals surface area contributed by atoms with Crippen LogP contribution in [0.3, 0.4) is 0 Å². The lowest BCUT2D eigenvalue weighted by atomic mass is 10.0. The number of thiazole rings is 1. The summed E-state index contributed by atoms with van der Waals surface area (Å²) in [5, 5.41) is 1.21. The second-order valence-electron chi connectivity index (χ2n) is 6.99.